The Morgan fingerprint density at radius 1 is 0.781 bits per heavy atom. The Morgan fingerprint density at radius 2 is 1.34 bits per heavy atom. The number of rotatable bonds is 5. The average molecular weight is 454 g/mol. The number of nitrogens with one attached hydrogen (secondary N) is 3. The lowest BCUT2D eigenvalue weighted by Gasteiger charge is -2.55. The highest BCUT2D eigenvalue weighted by molar-refractivity contribution is 7.92. The van der Waals surface area contributed by atoms with Crippen molar-refractivity contribution < 1.29 is 18.0 Å². The molecule has 32 heavy (non-hydrogen) atoms. The molecule has 0 heterocycles. The summed E-state index contributed by atoms with van der Waals surface area (Å²) < 4.78 is 27.6. The zero-order valence-electron chi connectivity index (χ0n) is 17.7. The molecule has 2 amide bonds. The van der Waals surface area contributed by atoms with Gasteiger partial charge >= 0.3 is 0 Å². The van der Waals surface area contributed by atoms with Crippen LogP contribution in [0.1, 0.15) is 48.9 Å². The number of benzene rings is 2. The van der Waals surface area contributed by atoms with Crippen LogP contribution < -0.4 is 15.6 Å². The van der Waals surface area contributed by atoms with Crippen molar-refractivity contribution in [3.63, 3.8) is 0 Å². The minimum absolute atomic E-state index is 0.0514. The first-order valence-corrected chi connectivity index (χ1v) is 12.6. The fourth-order valence-corrected chi connectivity index (χ4v) is 7.27. The van der Waals surface area contributed by atoms with Crippen LogP contribution in [0.2, 0.25) is 0 Å². The molecule has 0 atom stereocenters. The zero-order valence-corrected chi connectivity index (χ0v) is 18.5. The average Bonchev–Trinajstić information content (AvgIpc) is 2.77. The molecule has 2 aromatic rings. The van der Waals surface area contributed by atoms with Crippen molar-refractivity contribution in [2.24, 2.45) is 23.2 Å². The maximum Gasteiger partial charge on any atom is 0.269 e. The Hall–Kier alpha value is -2.87. The van der Waals surface area contributed by atoms with E-state index < -0.39 is 15.9 Å². The predicted molar refractivity (Wildman–Crippen MR) is 120 cm³/mol. The van der Waals surface area contributed by atoms with Gasteiger partial charge in [0.05, 0.1) is 10.3 Å². The first-order valence-electron chi connectivity index (χ1n) is 11.1. The number of hydrazine groups is 1. The maximum absolute atomic E-state index is 13.0. The number of hydrogen-bond acceptors (Lipinski definition) is 4. The molecule has 0 aliphatic heterocycles. The van der Waals surface area contributed by atoms with Gasteiger partial charge in [-0.15, -0.1) is 0 Å². The summed E-state index contributed by atoms with van der Waals surface area (Å²) in [5, 5.41) is 0. The first kappa shape index (κ1) is 21.0. The van der Waals surface area contributed by atoms with Crippen molar-refractivity contribution in [1.29, 1.82) is 0 Å². The van der Waals surface area contributed by atoms with Gasteiger partial charge in [0.2, 0.25) is 5.91 Å². The molecule has 3 N–H and O–H groups in total. The molecule has 4 aliphatic carbocycles. The van der Waals surface area contributed by atoms with Gasteiger partial charge in [-0.2, -0.15) is 0 Å². The van der Waals surface area contributed by atoms with Crippen LogP contribution in [-0.4, -0.2) is 20.2 Å². The molecule has 4 bridgehead atoms. The van der Waals surface area contributed by atoms with E-state index in [2.05, 4.69) is 15.6 Å². The van der Waals surface area contributed by atoms with Gasteiger partial charge in [0, 0.05) is 11.3 Å². The zero-order chi connectivity index (χ0) is 22.3. The molecule has 4 aliphatic rings. The fourth-order valence-electron chi connectivity index (χ4n) is 6.21. The van der Waals surface area contributed by atoms with Crippen LogP contribution in [0.25, 0.3) is 0 Å². The van der Waals surface area contributed by atoms with E-state index in [4.69, 9.17) is 0 Å². The molecule has 8 heteroatoms. The largest absolute Gasteiger partial charge is 0.280 e. The normalized spacial score (nSPS) is 28.2. The standard InChI is InChI=1S/C24H27N3O4S/c28-22(25-26-23(29)24-13-16-10-17(14-24)12-18(11-16)15-24)19-6-8-21(9-7-19)32(30,31)27-20-4-2-1-3-5-20/h1-9,16-18,27H,10-15H2,(H,25,28)(H,26,29). The molecular weight excluding hydrogens is 426 g/mol. The fraction of sp³-hybridized carbons (Fsp3) is 0.417. The quantitative estimate of drug-likeness (QED) is 0.603. The van der Waals surface area contributed by atoms with Crippen LogP contribution in [0, 0.1) is 23.2 Å². The van der Waals surface area contributed by atoms with Crippen molar-refractivity contribution >= 4 is 27.5 Å². The molecule has 7 nitrogen and oxygen atoms in total. The molecular formula is C24H27N3O4S. The number of para-hydroxylation sites is 1. The van der Waals surface area contributed by atoms with Gasteiger partial charge in [-0.1, -0.05) is 18.2 Å². The minimum atomic E-state index is -3.76. The minimum Gasteiger partial charge on any atom is -0.280 e. The van der Waals surface area contributed by atoms with Gasteiger partial charge in [0.25, 0.3) is 15.9 Å². The molecule has 0 saturated heterocycles. The Morgan fingerprint density at radius 3 is 1.91 bits per heavy atom. The predicted octanol–water partition coefficient (Wildman–Crippen LogP) is 3.46. The number of amides is 2. The lowest BCUT2D eigenvalue weighted by atomic mass is 9.49. The van der Waals surface area contributed by atoms with Crippen LogP contribution in [0.5, 0.6) is 0 Å². The van der Waals surface area contributed by atoms with E-state index in [0.717, 1.165) is 19.3 Å². The van der Waals surface area contributed by atoms with Gasteiger partial charge in [-0.3, -0.25) is 25.2 Å². The van der Waals surface area contributed by atoms with Crippen LogP contribution >= 0.6 is 0 Å². The van der Waals surface area contributed by atoms with E-state index in [1.807, 2.05) is 0 Å². The Labute approximate surface area is 188 Å². The Kier molecular flexibility index (Phi) is 5.20. The number of sulfonamides is 1. The van der Waals surface area contributed by atoms with Crippen LogP contribution in [-0.2, 0) is 14.8 Å². The lowest BCUT2D eigenvalue weighted by molar-refractivity contribution is -0.147. The SMILES string of the molecule is O=C(NNC(=O)C12CC3CC(CC(C3)C1)C2)c1ccc(S(=O)(=O)Nc2ccccc2)cc1. The summed E-state index contributed by atoms with van der Waals surface area (Å²) in [6.45, 7) is 0. The molecule has 0 radical (unpaired) electrons. The van der Waals surface area contributed by atoms with Gasteiger partial charge in [-0.25, -0.2) is 8.42 Å². The monoisotopic (exact) mass is 453 g/mol. The van der Waals surface area contributed by atoms with Crippen molar-refractivity contribution in [2.45, 2.75) is 43.4 Å². The molecule has 0 aromatic heterocycles. The van der Waals surface area contributed by atoms with E-state index in [1.54, 1.807) is 30.3 Å². The van der Waals surface area contributed by atoms with Crippen LogP contribution in [0.15, 0.2) is 59.5 Å². The molecule has 0 spiro atoms. The van der Waals surface area contributed by atoms with Gasteiger partial charge in [0.1, 0.15) is 0 Å². The first-order chi connectivity index (χ1) is 15.3. The van der Waals surface area contributed by atoms with Crippen molar-refractivity contribution in [2.75, 3.05) is 4.72 Å². The third kappa shape index (κ3) is 3.99. The highest BCUT2D eigenvalue weighted by Crippen LogP contribution is 2.60. The highest BCUT2D eigenvalue weighted by atomic mass is 32.2. The van der Waals surface area contributed by atoms with E-state index in [0.29, 0.717) is 23.4 Å². The van der Waals surface area contributed by atoms with Gasteiger partial charge < -0.3 is 0 Å². The second-order valence-corrected chi connectivity index (χ2v) is 11.3. The number of carbonyl (C=O) groups excluding carboxylic acids is 2. The van der Waals surface area contributed by atoms with Gasteiger partial charge in [0.15, 0.2) is 0 Å². The summed E-state index contributed by atoms with van der Waals surface area (Å²) in [5.41, 5.74) is 5.55. The van der Waals surface area contributed by atoms with Crippen LogP contribution in [0.4, 0.5) is 5.69 Å². The Balaban J connectivity index is 1.20. The second-order valence-electron chi connectivity index (χ2n) is 9.60. The lowest BCUT2D eigenvalue weighted by Crippen LogP contribution is -2.56. The third-order valence-corrected chi connectivity index (χ3v) is 8.66. The van der Waals surface area contributed by atoms with Crippen LogP contribution in [0.3, 0.4) is 0 Å². The molecule has 4 fully saturated rings. The number of hydrogen-bond donors (Lipinski definition) is 3. The molecule has 6 rings (SSSR count). The molecule has 4 saturated carbocycles. The maximum atomic E-state index is 13.0. The number of anilines is 1. The summed E-state index contributed by atoms with van der Waals surface area (Å²) in [6.07, 6.45) is 6.48. The molecule has 168 valence electrons. The summed E-state index contributed by atoms with van der Waals surface area (Å²) >= 11 is 0. The highest BCUT2D eigenvalue weighted by Gasteiger charge is 2.54. The number of carbonyl (C=O) groups is 2. The van der Waals surface area contributed by atoms with Crippen molar-refractivity contribution in [1.82, 2.24) is 10.9 Å². The summed E-state index contributed by atoms with van der Waals surface area (Å²) in [4.78, 5) is 25.6. The third-order valence-electron chi connectivity index (χ3n) is 7.26. The summed E-state index contributed by atoms with van der Waals surface area (Å²) in [6, 6.07) is 14.2. The smallest absolute Gasteiger partial charge is 0.269 e. The second kappa shape index (κ2) is 7.92. The van der Waals surface area contributed by atoms with E-state index >= 15 is 0 Å². The van der Waals surface area contributed by atoms with Crippen molar-refractivity contribution in [3.05, 3.63) is 60.2 Å². The summed E-state index contributed by atoms with van der Waals surface area (Å²) in [7, 11) is -3.76. The van der Waals surface area contributed by atoms with Gasteiger partial charge in [-0.05, 0) is 92.7 Å². The van der Waals surface area contributed by atoms with E-state index in [1.165, 1.54) is 43.5 Å². The summed E-state index contributed by atoms with van der Waals surface area (Å²) in [5.74, 6) is 1.37. The van der Waals surface area contributed by atoms with E-state index in [9.17, 15) is 18.0 Å². The van der Waals surface area contributed by atoms with E-state index in [-0.39, 0.29) is 21.8 Å². The molecule has 0 unspecified atom stereocenters. The Bertz CT molecular complexity index is 1090. The van der Waals surface area contributed by atoms with Crippen molar-refractivity contribution in [3.8, 4) is 0 Å². The topological polar surface area (TPSA) is 104 Å². The molecule has 2 aromatic carbocycles.